The number of anilines is 1. The van der Waals surface area contributed by atoms with Crippen molar-refractivity contribution in [3.05, 3.63) is 35.8 Å². The van der Waals surface area contributed by atoms with Crippen LogP contribution in [-0.2, 0) is 9.53 Å². The van der Waals surface area contributed by atoms with Crippen molar-refractivity contribution in [1.29, 1.82) is 0 Å². The van der Waals surface area contributed by atoms with E-state index in [0.717, 1.165) is 24.8 Å². The van der Waals surface area contributed by atoms with E-state index >= 15 is 0 Å². The molecule has 0 N–H and O–H groups in total. The molecule has 0 bridgehead atoms. The highest BCUT2D eigenvalue weighted by Gasteiger charge is 2.27. The Balaban J connectivity index is 1.75. The van der Waals surface area contributed by atoms with Crippen molar-refractivity contribution in [1.82, 2.24) is 9.97 Å². The van der Waals surface area contributed by atoms with Crippen molar-refractivity contribution < 1.29 is 27.4 Å². The molecule has 2 aromatic rings. The Morgan fingerprint density at radius 2 is 1.94 bits per heavy atom. The van der Waals surface area contributed by atoms with Crippen LogP contribution < -0.4 is 9.64 Å². The Hall–Kier alpha value is -2.84. The number of esters is 1. The number of halogens is 3. The quantitative estimate of drug-likeness (QED) is 0.572. The van der Waals surface area contributed by atoms with Gasteiger partial charge in [0.25, 0.3) is 5.88 Å². The third kappa shape index (κ3) is 5.86. The minimum absolute atomic E-state index is 0.0230. The third-order valence-corrected chi connectivity index (χ3v) is 4.97. The first kappa shape index (κ1) is 22.8. The number of rotatable bonds is 8. The highest BCUT2D eigenvalue weighted by Crippen LogP contribution is 2.33. The molecule has 0 radical (unpaired) electrons. The number of benzene rings is 1. The number of hydrogen-bond donors (Lipinski definition) is 0. The first-order chi connectivity index (χ1) is 14.7. The summed E-state index contributed by atoms with van der Waals surface area (Å²) < 4.78 is 53.9. The molecule has 6 nitrogen and oxygen atoms in total. The molecule has 1 aromatic carbocycles. The molecular formula is C22H26F3N3O3. The lowest BCUT2D eigenvalue weighted by Crippen LogP contribution is -2.22. The third-order valence-electron chi connectivity index (χ3n) is 4.97. The Morgan fingerprint density at radius 3 is 2.58 bits per heavy atom. The summed E-state index contributed by atoms with van der Waals surface area (Å²) in [6, 6.07) is 2.29. The summed E-state index contributed by atoms with van der Waals surface area (Å²) in [5, 5.41) is 0. The zero-order valence-electron chi connectivity index (χ0n) is 17.8. The molecule has 0 aliphatic carbocycles. The van der Waals surface area contributed by atoms with Gasteiger partial charge in [-0.1, -0.05) is 13.8 Å². The average molecular weight is 437 g/mol. The molecule has 1 saturated heterocycles. The van der Waals surface area contributed by atoms with E-state index in [9.17, 15) is 18.0 Å². The topological polar surface area (TPSA) is 64.5 Å². The first-order valence-electron chi connectivity index (χ1n) is 10.3. The van der Waals surface area contributed by atoms with E-state index < -0.39 is 17.5 Å². The van der Waals surface area contributed by atoms with Gasteiger partial charge in [-0.05, 0) is 36.8 Å². The molecule has 1 aliphatic rings. The van der Waals surface area contributed by atoms with Gasteiger partial charge < -0.3 is 14.4 Å². The molecule has 31 heavy (non-hydrogen) atoms. The van der Waals surface area contributed by atoms with Gasteiger partial charge in [0.15, 0.2) is 5.82 Å². The second-order valence-electron chi connectivity index (χ2n) is 8.07. The van der Waals surface area contributed by atoms with Crippen LogP contribution >= 0.6 is 0 Å². The predicted molar refractivity (Wildman–Crippen MR) is 109 cm³/mol. The Morgan fingerprint density at radius 1 is 1.23 bits per heavy atom. The molecule has 1 aliphatic heterocycles. The van der Waals surface area contributed by atoms with E-state index in [1.807, 2.05) is 13.8 Å². The predicted octanol–water partition coefficient (Wildman–Crippen LogP) is 4.38. The summed E-state index contributed by atoms with van der Waals surface area (Å²) in [5.41, 5.74) is -0.0177. The number of carbonyl (C=O) groups is 1. The Bertz CT molecular complexity index is 916. The average Bonchev–Trinajstić information content (AvgIpc) is 3.14. The lowest BCUT2D eigenvalue weighted by molar-refractivity contribution is -0.141. The first-order valence-corrected chi connectivity index (χ1v) is 10.3. The van der Waals surface area contributed by atoms with Crippen LogP contribution in [0.3, 0.4) is 0 Å². The van der Waals surface area contributed by atoms with E-state index in [-0.39, 0.29) is 47.4 Å². The largest absolute Gasteiger partial charge is 0.475 e. The van der Waals surface area contributed by atoms with Crippen LogP contribution in [0, 0.1) is 29.3 Å². The lowest BCUT2D eigenvalue weighted by atomic mass is 10.1. The van der Waals surface area contributed by atoms with Gasteiger partial charge in [0.1, 0.15) is 17.3 Å². The van der Waals surface area contributed by atoms with Crippen molar-refractivity contribution in [2.75, 3.05) is 31.2 Å². The van der Waals surface area contributed by atoms with Crippen molar-refractivity contribution in [3.63, 3.8) is 0 Å². The smallest absolute Gasteiger partial charge is 0.302 e. The molecule has 0 saturated carbocycles. The van der Waals surface area contributed by atoms with E-state index in [0.29, 0.717) is 26.1 Å². The minimum Gasteiger partial charge on any atom is -0.475 e. The maximum atomic E-state index is 14.9. The summed E-state index contributed by atoms with van der Waals surface area (Å²) in [5.74, 6) is -2.50. The molecule has 0 amide bonds. The molecule has 2 heterocycles. The molecule has 1 aromatic heterocycles. The Kier molecular flexibility index (Phi) is 7.35. The molecule has 9 heteroatoms. The lowest BCUT2D eigenvalue weighted by Gasteiger charge is -2.21. The molecule has 1 unspecified atom stereocenters. The SMILES string of the molecule is CC(=O)OCCC1CCN(c2c(F)cc(-c3ncc(F)c(OCC(C)C)n3)cc2F)C1. The van der Waals surface area contributed by atoms with Gasteiger partial charge in [0, 0.05) is 25.6 Å². The Labute approximate surface area is 179 Å². The van der Waals surface area contributed by atoms with Crippen molar-refractivity contribution >= 4 is 11.7 Å². The standard InChI is InChI=1S/C22H26F3N3O3/c1-13(2)12-31-22-19(25)10-26-21(27-22)16-8-17(23)20(18(24)9-16)28-6-4-15(11-28)5-7-30-14(3)29/h8-10,13,15H,4-7,11-12H2,1-3H3. The van der Waals surface area contributed by atoms with Crippen LogP contribution in [0.1, 0.15) is 33.6 Å². The minimum atomic E-state index is -0.742. The van der Waals surface area contributed by atoms with Crippen LogP contribution in [0.15, 0.2) is 18.3 Å². The van der Waals surface area contributed by atoms with Gasteiger partial charge in [-0.2, -0.15) is 9.37 Å². The second-order valence-corrected chi connectivity index (χ2v) is 8.07. The van der Waals surface area contributed by atoms with Crippen molar-refractivity contribution in [2.24, 2.45) is 11.8 Å². The molecule has 168 valence electrons. The molecular weight excluding hydrogens is 411 g/mol. The number of ether oxygens (including phenoxy) is 2. The summed E-state index contributed by atoms with van der Waals surface area (Å²) >= 11 is 0. The van der Waals surface area contributed by atoms with Gasteiger partial charge in [-0.25, -0.2) is 13.8 Å². The van der Waals surface area contributed by atoms with Crippen LogP contribution in [0.4, 0.5) is 18.9 Å². The van der Waals surface area contributed by atoms with Crippen LogP contribution in [0.5, 0.6) is 5.88 Å². The number of nitrogens with zero attached hydrogens (tertiary/aromatic N) is 3. The monoisotopic (exact) mass is 437 g/mol. The summed E-state index contributed by atoms with van der Waals surface area (Å²) in [4.78, 5) is 20.4. The van der Waals surface area contributed by atoms with Crippen molar-refractivity contribution in [2.45, 2.75) is 33.6 Å². The second kappa shape index (κ2) is 9.98. The summed E-state index contributed by atoms with van der Waals surface area (Å²) in [6.07, 6.45) is 2.31. The van der Waals surface area contributed by atoms with E-state index in [4.69, 9.17) is 9.47 Å². The number of aromatic nitrogens is 2. The van der Waals surface area contributed by atoms with Crippen LogP contribution in [-0.4, -0.2) is 42.2 Å². The number of hydrogen-bond acceptors (Lipinski definition) is 6. The van der Waals surface area contributed by atoms with Crippen LogP contribution in [0.2, 0.25) is 0 Å². The van der Waals surface area contributed by atoms with Gasteiger partial charge in [-0.15, -0.1) is 0 Å². The maximum absolute atomic E-state index is 14.9. The van der Waals surface area contributed by atoms with E-state index in [1.54, 1.807) is 4.90 Å². The van der Waals surface area contributed by atoms with Crippen LogP contribution in [0.25, 0.3) is 11.4 Å². The highest BCUT2D eigenvalue weighted by molar-refractivity contribution is 5.66. The fraction of sp³-hybridized carbons (Fsp3) is 0.500. The summed E-state index contributed by atoms with van der Waals surface area (Å²) in [6.45, 7) is 6.67. The number of carbonyl (C=O) groups excluding carboxylic acids is 1. The molecule has 1 atom stereocenters. The van der Waals surface area contributed by atoms with Gasteiger partial charge in [0.05, 0.1) is 19.4 Å². The van der Waals surface area contributed by atoms with Gasteiger partial charge in [0.2, 0.25) is 5.82 Å². The fourth-order valence-electron chi connectivity index (χ4n) is 3.47. The zero-order chi connectivity index (χ0) is 22.5. The highest BCUT2D eigenvalue weighted by atomic mass is 19.1. The van der Waals surface area contributed by atoms with Gasteiger partial charge >= 0.3 is 5.97 Å². The molecule has 3 rings (SSSR count). The maximum Gasteiger partial charge on any atom is 0.302 e. The molecule has 0 spiro atoms. The fourth-order valence-corrected chi connectivity index (χ4v) is 3.47. The van der Waals surface area contributed by atoms with Gasteiger partial charge in [-0.3, -0.25) is 4.79 Å². The van der Waals surface area contributed by atoms with Crippen molar-refractivity contribution in [3.8, 4) is 17.3 Å². The normalized spacial score (nSPS) is 16.1. The zero-order valence-corrected chi connectivity index (χ0v) is 17.8. The van der Waals surface area contributed by atoms with E-state index in [1.165, 1.54) is 6.92 Å². The molecule has 1 fully saturated rings. The summed E-state index contributed by atoms with van der Waals surface area (Å²) in [7, 11) is 0. The van der Waals surface area contributed by atoms with E-state index in [2.05, 4.69) is 9.97 Å².